The van der Waals surface area contributed by atoms with Crippen LogP contribution < -0.4 is 5.32 Å². The second-order valence-electron chi connectivity index (χ2n) is 5.02. The quantitative estimate of drug-likeness (QED) is 0.797. The number of ether oxygens (including phenoxy) is 1. The third kappa shape index (κ3) is 2.35. The van der Waals surface area contributed by atoms with Gasteiger partial charge in [-0.3, -0.25) is 9.59 Å². The molecule has 0 bridgehead atoms. The number of morpholine rings is 1. The number of furan rings is 1. The molecule has 102 valence electrons. The van der Waals surface area contributed by atoms with Gasteiger partial charge in [-0.25, -0.2) is 0 Å². The van der Waals surface area contributed by atoms with Crippen molar-refractivity contribution in [3.05, 3.63) is 24.2 Å². The fourth-order valence-electron chi connectivity index (χ4n) is 2.57. The van der Waals surface area contributed by atoms with Gasteiger partial charge in [-0.15, -0.1) is 0 Å². The molecule has 0 unspecified atom stereocenters. The van der Waals surface area contributed by atoms with Crippen LogP contribution in [0.2, 0.25) is 0 Å². The van der Waals surface area contributed by atoms with E-state index in [1.807, 2.05) is 0 Å². The fraction of sp³-hybridized carbons (Fsp3) is 0.538. The largest absolute Gasteiger partial charge is 0.459 e. The lowest BCUT2D eigenvalue weighted by Crippen LogP contribution is -2.57. The topological polar surface area (TPSA) is 71.8 Å². The van der Waals surface area contributed by atoms with Gasteiger partial charge in [0.25, 0.3) is 5.91 Å². The van der Waals surface area contributed by atoms with Crippen LogP contribution in [-0.4, -0.2) is 48.6 Å². The van der Waals surface area contributed by atoms with Crippen molar-refractivity contribution in [2.75, 3.05) is 26.2 Å². The van der Waals surface area contributed by atoms with E-state index in [1.54, 1.807) is 17.0 Å². The van der Waals surface area contributed by atoms with Gasteiger partial charge < -0.3 is 19.4 Å². The molecule has 3 heterocycles. The van der Waals surface area contributed by atoms with Crippen LogP contribution in [0.4, 0.5) is 0 Å². The Bertz CT molecular complexity index is 463. The molecule has 0 atom stereocenters. The minimum atomic E-state index is -0.298. The third-order valence-corrected chi connectivity index (χ3v) is 3.81. The molecule has 3 rings (SSSR count). The van der Waals surface area contributed by atoms with Crippen molar-refractivity contribution in [1.82, 2.24) is 10.2 Å². The second kappa shape index (κ2) is 4.70. The summed E-state index contributed by atoms with van der Waals surface area (Å²) in [6.45, 7) is 1.89. The first-order valence-corrected chi connectivity index (χ1v) is 6.42. The van der Waals surface area contributed by atoms with Crippen LogP contribution in [0, 0.1) is 0 Å². The zero-order valence-electron chi connectivity index (χ0n) is 10.6. The zero-order valence-corrected chi connectivity index (χ0v) is 10.6. The minimum Gasteiger partial charge on any atom is -0.459 e. The molecular weight excluding hydrogens is 248 g/mol. The Morgan fingerprint density at radius 2 is 2.16 bits per heavy atom. The van der Waals surface area contributed by atoms with E-state index in [1.165, 1.54) is 6.26 Å². The van der Waals surface area contributed by atoms with E-state index >= 15 is 0 Å². The number of hydrogen-bond acceptors (Lipinski definition) is 4. The first-order chi connectivity index (χ1) is 9.19. The highest BCUT2D eigenvalue weighted by Gasteiger charge is 2.40. The second-order valence-corrected chi connectivity index (χ2v) is 5.02. The molecule has 1 spiro atoms. The van der Waals surface area contributed by atoms with Crippen molar-refractivity contribution in [2.24, 2.45) is 0 Å². The Kier molecular flexibility index (Phi) is 3.02. The van der Waals surface area contributed by atoms with Gasteiger partial charge in [-0.1, -0.05) is 0 Å². The summed E-state index contributed by atoms with van der Waals surface area (Å²) in [6.07, 6.45) is 2.97. The molecule has 2 amide bonds. The van der Waals surface area contributed by atoms with Crippen molar-refractivity contribution in [3.8, 4) is 0 Å². The molecule has 2 fully saturated rings. The molecule has 2 aliphatic heterocycles. The van der Waals surface area contributed by atoms with E-state index in [4.69, 9.17) is 9.15 Å². The lowest BCUT2D eigenvalue weighted by Gasteiger charge is -2.43. The average molecular weight is 264 g/mol. The van der Waals surface area contributed by atoms with E-state index in [2.05, 4.69) is 5.32 Å². The predicted molar refractivity (Wildman–Crippen MR) is 65.5 cm³/mol. The van der Waals surface area contributed by atoms with Crippen LogP contribution in [0.5, 0.6) is 0 Å². The Balaban J connectivity index is 1.60. The first-order valence-electron chi connectivity index (χ1n) is 6.42. The van der Waals surface area contributed by atoms with Crippen LogP contribution in [-0.2, 0) is 9.53 Å². The minimum absolute atomic E-state index is 0.0697. The van der Waals surface area contributed by atoms with Crippen molar-refractivity contribution < 1.29 is 18.7 Å². The molecule has 6 nitrogen and oxygen atoms in total. The molecule has 2 aliphatic rings. The molecule has 1 aromatic heterocycles. The van der Waals surface area contributed by atoms with Gasteiger partial charge in [0.1, 0.15) is 6.61 Å². The van der Waals surface area contributed by atoms with Gasteiger partial charge in [-0.05, 0) is 25.0 Å². The summed E-state index contributed by atoms with van der Waals surface area (Å²) in [4.78, 5) is 25.0. The summed E-state index contributed by atoms with van der Waals surface area (Å²) >= 11 is 0. The molecule has 0 radical (unpaired) electrons. The average Bonchev–Trinajstić information content (AvgIpc) is 2.97. The van der Waals surface area contributed by atoms with Crippen LogP contribution in [0.3, 0.4) is 0 Å². The number of hydrogen-bond donors (Lipinski definition) is 1. The Morgan fingerprint density at radius 3 is 2.74 bits per heavy atom. The number of carbonyl (C=O) groups is 2. The van der Waals surface area contributed by atoms with E-state index in [0.29, 0.717) is 25.4 Å². The Morgan fingerprint density at radius 1 is 1.37 bits per heavy atom. The van der Waals surface area contributed by atoms with Gasteiger partial charge >= 0.3 is 0 Å². The predicted octanol–water partition coefficient (Wildman–Crippen LogP) is 0.401. The smallest absolute Gasteiger partial charge is 0.289 e. The molecule has 0 aromatic carbocycles. The van der Waals surface area contributed by atoms with Crippen molar-refractivity contribution in [2.45, 2.75) is 18.4 Å². The van der Waals surface area contributed by atoms with E-state index in [9.17, 15) is 9.59 Å². The number of nitrogens with zero attached hydrogens (tertiary/aromatic N) is 1. The number of nitrogens with one attached hydrogen (secondary N) is 1. The normalized spacial score (nSPS) is 22.3. The Hall–Kier alpha value is -1.82. The molecule has 1 N–H and O–H groups in total. The first kappa shape index (κ1) is 12.2. The molecule has 0 aliphatic carbocycles. The van der Waals surface area contributed by atoms with Crippen molar-refractivity contribution in [1.29, 1.82) is 0 Å². The highest BCUT2D eigenvalue weighted by molar-refractivity contribution is 5.91. The number of piperidine rings is 1. The fourth-order valence-corrected chi connectivity index (χ4v) is 2.57. The molecule has 0 saturated carbocycles. The van der Waals surface area contributed by atoms with Crippen molar-refractivity contribution >= 4 is 11.8 Å². The lowest BCUT2D eigenvalue weighted by molar-refractivity contribution is -0.149. The van der Waals surface area contributed by atoms with Gasteiger partial charge in [-0.2, -0.15) is 0 Å². The van der Waals surface area contributed by atoms with Crippen LogP contribution in [0.25, 0.3) is 0 Å². The summed E-state index contributed by atoms with van der Waals surface area (Å²) in [5.41, 5.74) is -0.298. The lowest BCUT2D eigenvalue weighted by atomic mass is 9.90. The third-order valence-electron chi connectivity index (χ3n) is 3.81. The van der Waals surface area contributed by atoms with Gasteiger partial charge in [0.2, 0.25) is 5.91 Å². The standard InChI is InChI=1S/C13H16N2O4/c16-11-8-19-13(9-14-11)3-5-15(6-4-13)12(17)10-2-1-7-18-10/h1-2,7H,3-6,8-9H2,(H,14,16). The maximum Gasteiger partial charge on any atom is 0.289 e. The maximum atomic E-state index is 12.1. The monoisotopic (exact) mass is 264 g/mol. The Labute approximate surface area is 110 Å². The van der Waals surface area contributed by atoms with Gasteiger partial charge in [0.15, 0.2) is 5.76 Å². The molecule has 1 aromatic rings. The molecular formula is C13H16N2O4. The van der Waals surface area contributed by atoms with E-state index < -0.39 is 0 Å². The van der Waals surface area contributed by atoms with Crippen LogP contribution in [0.15, 0.2) is 22.8 Å². The van der Waals surface area contributed by atoms with Gasteiger partial charge in [0.05, 0.1) is 11.9 Å². The molecule has 19 heavy (non-hydrogen) atoms. The van der Waals surface area contributed by atoms with Crippen LogP contribution >= 0.6 is 0 Å². The van der Waals surface area contributed by atoms with Crippen molar-refractivity contribution in [3.63, 3.8) is 0 Å². The summed E-state index contributed by atoms with van der Waals surface area (Å²) in [7, 11) is 0. The maximum absolute atomic E-state index is 12.1. The highest BCUT2D eigenvalue weighted by atomic mass is 16.5. The van der Waals surface area contributed by atoms with Crippen LogP contribution in [0.1, 0.15) is 23.4 Å². The number of carbonyl (C=O) groups excluding carboxylic acids is 2. The summed E-state index contributed by atoms with van der Waals surface area (Å²) in [5.74, 6) is 0.216. The molecule has 6 heteroatoms. The summed E-state index contributed by atoms with van der Waals surface area (Å²) < 4.78 is 10.8. The summed E-state index contributed by atoms with van der Waals surface area (Å²) in [5, 5.41) is 2.83. The SMILES string of the molecule is O=C1COC2(CCN(C(=O)c3ccco3)CC2)CN1. The number of rotatable bonds is 1. The van der Waals surface area contributed by atoms with Gasteiger partial charge in [0, 0.05) is 19.6 Å². The molecule has 2 saturated heterocycles. The zero-order chi connectivity index (χ0) is 13.3. The summed E-state index contributed by atoms with van der Waals surface area (Å²) in [6, 6.07) is 3.38. The van der Waals surface area contributed by atoms with E-state index in [0.717, 1.165) is 12.8 Å². The van der Waals surface area contributed by atoms with E-state index in [-0.39, 0.29) is 24.0 Å². The number of amides is 2. The number of likely N-dealkylation sites (tertiary alicyclic amines) is 1. The highest BCUT2D eigenvalue weighted by Crippen LogP contribution is 2.28.